The van der Waals surface area contributed by atoms with Crippen LogP contribution in [0.2, 0.25) is 0 Å². The van der Waals surface area contributed by atoms with Crippen LogP contribution in [0.5, 0.6) is 0 Å². The summed E-state index contributed by atoms with van der Waals surface area (Å²) in [6.07, 6.45) is -1.31. The number of aliphatic hydroxyl groups is 5. The minimum Gasteiger partial charge on any atom is -0.393 e. The highest BCUT2D eigenvalue weighted by Crippen LogP contribution is 2.30. The summed E-state index contributed by atoms with van der Waals surface area (Å²) in [6, 6.07) is 3.65. The van der Waals surface area contributed by atoms with Gasteiger partial charge >= 0.3 is 0 Å². The Morgan fingerprint density at radius 2 is 1.88 bits per heavy atom. The normalized spacial score (nSPS) is 27.5. The zero-order chi connectivity index (χ0) is 23.7. The number of unbranched alkanes of at least 4 members (excludes halogenated alkanes) is 3. The maximum Gasteiger partial charge on any atom is 0.294 e. The molecule has 8 N–H and O–H groups in total. The Hall–Kier alpha value is -2.51. The Kier molecular flexibility index (Phi) is 9.60. The summed E-state index contributed by atoms with van der Waals surface area (Å²) in [7, 11) is 0. The van der Waals surface area contributed by atoms with Crippen LogP contribution in [-0.2, 0) is 0 Å². The van der Waals surface area contributed by atoms with E-state index in [0.29, 0.717) is 18.8 Å². The Labute approximate surface area is 184 Å². The van der Waals surface area contributed by atoms with Crippen molar-refractivity contribution in [1.82, 2.24) is 10.2 Å². The summed E-state index contributed by atoms with van der Waals surface area (Å²) < 4.78 is 0. The topological polar surface area (TPSA) is 219 Å². The van der Waals surface area contributed by atoms with Gasteiger partial charge in [0.2, 0.25) is 4.91 Å². The van der Waals surface area contributed by atoms with Gasteiger partial charge in [0, 0.05) is 12.6 Å². The predicted molar refractivity (Wildman–Crippen MR) is 113 cm³/mol. The van der Waals surface area contributed by atoms with E-state index in [0.717, 1.165) is 25.7 Å². The van der Waals surface area contributed by atoms with E-state index in [1.807, 2.05) is 0 Å². The largest absolute Gasteiger partial charge is 0.393 e. The van der Waals surface area contributed by atoms with Gasteiger partial charge in [0.25, 0.3) is 5.69 Å². The van der Waals surface area contributed by atoms with E-state index in [2.05, 4.69) is 20.7 Å². The summed E-state index contributed by atoms with van der Waals surface area (Å²) in [5, 5.41) is 70.1. The number of benzene rings is 1. The number of nitro groups is 1. The van der Waals surface area contributed by atoms with Crippen molar-refractivity contribution >= 4 is 17.1 Å². The molecule has 13 nitrogen and oxygen atoms in total. The molecular weight excluding hydrogens is 424 g/mol. The third-order valence-corrected chi connectivity index (χ3v) is 5.65. The highest BCUT2D eigenvalue weighted by Gasteiger charge is 2.50. The predicted octanol–water partition coefficient (Wildman–Crippen LogP) is -0.0830. The van der Waals surface area contributed by atoms with Crippen LogP contribution in [0.15, 0.2) is 23.3 Å². The molecule has 1 aliphatic rings. The number of anilines is 1. The van der Waals surface area contributed by atoms with Crippen LogP contribution in [0.1, 0.15) is 32.1 Å². The highest BCUT2D eigenvalue weighted by molar-refractivity contribution is 5.66. The van der Waals surface area contributed by atoms with Gasteiger partial charge in [0.15, 0.2) is 10.8 Å². The average molecular weight is 455 g/mol. The van der Waals surface area contributed by atoms with E-state index in [4.69, 9.17) is 5.53 Å². The van der Waals surface area contributed by atoms with Crippen LogP contribution in [0.4, 0.5) is 17.1 Å². The van der Waals surface area contributed by atoms with Crippen molar-refractivity contribution in [2.45, 2.75) is 62.1 Å². The van der Waals surface area contributed by atoms with Crippen molar-refractivity contribution in [3.8, 4) is 0 Å². The van der Waals surface area contributed by atoms with Crippen molar-refractivity contribution < 1.29 is 30.5 Å². The Balaban J connectivity index is 1.69. The van der Waals surface area contributed by atoms with Gasteiger partial charge in [-0.15, -0.1) is 0 Å². The number of aliphatic hydroxyl groups excluding tert-OH is 4. The van der Waals surface area contributed by atoms with Crippen molar-refractivity contribution in [3.05, 3.63) is 28.3 Å². The van der Waals surface area contributed by atoms with Gasteiger partial charge in [-0.25, -0.2) is 0 Å². The fraction of sp³-hybridized carbons (Fsp3) is 0.684. The molecule has 0 aliphatic heterocycles. The maximum absolute atomic E-state index is 11.2. The molecule has 13 heteroatoms. The molecule has 0 unspecified atom stereocenters. The summed E-state index contributed by atoms with van der Waals surface area (Å²) >= 11 is 0. The molecule has 0 aromatic heterocycles. The lowest BCUT2D eigenvalue weighted by Crippen LogP contribution is -2.66. The molecule has 0 saturated heterocycles. The van der Waals surface area contributed by atoms with Gasteiger partial charge in [0.1, 0.15) is 29.0 Å². The summed E-state index contributed by atoms with van der Waals surface area (Å²) in [6.45, 7) is 0.317. The number of nitro benzene ring substituents is 1. The molecule has 1 fully saturated rings. The third-order valence-electron chi connectivity index (χ3n) is 5.65. The monoisotopic (exact) mass is 455 g/mol. The van der Waals surface area contributed by atoms with E-state index in [1.165, 1.54) is 18.2 Å². The summed E-state index contributed by atoms with van der Waals surface area (Å²) in [4.78, 5) is 13.5. The molecule has 1 saturated carbocycles. The van der Waals surface area contributed by atoms with E-state index in [9.17, 15) is 35.6 Å². The van der Waals surface area contributed by atoms with Crippen molar-refractivity contribution in [1.29, 1.82) is 5.53 Å². The molecule has 178 valence electrons. The van der Waals surface area contributed by atoms with Crippen molar-refractivity contribution in [2.75, 3.05) is 25.0 Å². The number of nitrogens with zero attached hydrogens (tertiary/aromatic N) is 3. The first-order valence-electron chi connectivity index (χ1n) is 10.4. The van der Waals surface area contributed by atoms with Crippen molar-refractivity contribution in [3.63, 3.8) is 0 Å². The molecule has 0 bridgehead atoms. The standard InChI is InChI=1S/C19H30N6O7/c20-24-23-12-5-6-13(15(9-12)25(31)32)21-7-3-1-2-4-8-22-14-10-19(30,11-26)18(29)17(28)16(14)27/h5-6,9,14,16-18,20,22,26-30H,1-4,7-8,10-11H2/p+1/t14-,16-,17+,18-,19-/m0/s1. The molecule has 1 aromatic carbocycles. The fourth-order valence-electron chi connectivity index (χ4n) is 3.77. The van der Waals surface area contributed by atoms with Crippen LogP contribution < -0.4 is 15.5 Å². The molecule has 2 rings (SSSR count). The molecule has 0 radical (unpaired) electrons. The maximum atomic E-state index is 11.2. The Morgan fingerprint density at radius 3 is 2.50 bits per heavy atom. The second-order valence-electron chi connectivity index (χ2n) is 7.95. The minimum atomic E-state index is -1.87. The van der Waals surface area contributed by atoms with Gasteiger partial charge in [-0.05, 0) is 37.9 Å². The van der Waals surface area contributed by atoms with Gasteiger partial charge in [-0.1, -0.05) is 12.8 Å². The highest BCUT2D eigenvalue weighted by atomic mass is 16.6. The third kappa shape index (κ3) is 6.50. The molecule has 0 spiro atoms. The van der Waals surface area contributed by atoms with E-state index in [-0.39, 0.29) is 17.8 Å². The zero-order valence-electron chi connectivity index (χ0n) is 17.6. The van der Waals surface area contributed by atoms with Gasteiger partial charge in [-0.3, -0.25) is 10.1 Å². The second kappa shape index (κ2) is 11.9. The molecule has 0 amide bonds. The lowest BCUT2D eigenvalue weighted by atomic mass is 9.76. The van der Waals surface area contributed by atoms with Gasteiger partial charge in [0.05, 0.1) is 23.7 Å². The molecule has 1 aliphatic carbocycles. The van der Waals surface area contributed by atoms with Crippen LogP contribution in [0, 0.1) is 15.6 Å². The Bertz CT molecular complexity index is 821. The molecule has 0 heterocycles. The second-order valence-corrected chi connectivity index (χ2v) is 7.95. The van der Waals surface area contributed by atoms with Crippen molar-refractivity contribution in [2.24, 2.45) is 5.11 Å². The number of hydrogen-bond acceptors (Lipinski definition) is 11. The van der Waals surface area contributed by atoms with E-state index < -0.39 is 41.5 Å². The molecule has 1 aromatic rings. The van der Waals surface area contributed by atoms with Crippen LogP contribution in [-0.4, -0.2) is 80.1 Å². The average Bonchev–Trinajstić information content (AvgIpc) is 2.78. The number of nitrogens with one attached hydrogen (secondary N) is 3. The van der Waals surface area contributed by atoms with Crippen LogP contribution in [0.3, 0.4) is 0 Å². The molecule has 32 heavy (non-hydrogen) atoms. The summed E-state index contributed by atoms with van der Waals surface area (Å²) in [5.41, 5.74) is 5.29. The molecule has 5 atom stereocenters. The van der Waals surface area contributed by atoms with Gasteiger partial charge in [-0.2, -0.15) is 0 Å². The fourth-order valence-corrected chi connectivity index (χ4v) is 3.77. The Morgan fingerprint density at radius 1 is 1.19 bits per heavy atom. The zero-order valence-corrected chi connectivity index (χ0v) is 17.6. The SMILES string of the molecule is N=[N+]=Nc1ccc(NCCCCCCN[C@H]2C[C@](O)(CO)[C@@H](O)[C@H](O)[C@H]2O)c([N+](=O)[O-])c1. The first kappa shape index (κ1) is 25.7. The lowest BCUT2D eigenvalue weighted by molar-refractivity contribution is -0.383. The van der Waals surface area contributed by atoms with Gasteiger partial charge < -0.3 is 36.2 Å². The number of rotatable bonds is 12. The quantitative estimate of drug-likeness (QED) is 0.0693. The van der Waals surface area contributed by atoms with E-state index >= 15 is 0 Å². The first-order valence-corrected chi connectivity index (χ1v) is 10.4. The number of hydrogen-bond donors (Lipinski definition) is 8. The van der Waals surface area contributed by atoms with Crippen LogP contribution in [0.25, 0.3) is 0 Å². The minimum absolute atomic E-state index is 0.0897. The van der Waals surface area contributed by atoms with Crippen LogP contribution >= 0.6 is 0 Å². The first-order chi connectivity index (χ1) is 15.2. The molecular formula is C19H31N6O7+. The smallest absolute Gasteiger partial charge is 0.294 e. The van der Waals surface area contributed by atoms with E-state index in [1.54, 1.807) is 0 Å². The summed E-state index contributed by atoms with van der Waals surface area (Å²) in [5.74, 6) is 0. The lowest BCUT2D eigenvalue weighted by Gasteiger charge is -2.45.